The highest BCUT2D eigenvalue weighted by Crippen LogP contribution is 2.14. The third-order valence-corrected chi connectivity index (χ3v) is 2.99. The van der Waals surface area contributed by atoms with Gasteiger partial charge >= 0.3 is 0 Å². The summed E-state index contributed by atoms with van der Waals surface area (Å²) in [6, 6.07) is 8.29. The lowest BCUT2D eigenvalue weighted by molar-refractivity contribution is -0.0811. The average Bonchev–Trinajstić information content (AvgIpc) is 2.29. The van der Waals surface area contributed by atoms with Crippen molar-refractivity contribution < 1.29 is 14.6 Å². The van der Waals surface area contributed by atoms with Gasteiger partial charge in [-0.05, 0) is 18.9 Å². The van der Waals surface area contributed by atoms with E-state index in [1.54, 1.807) is 0 Å². The van der Waals surface area contributed by atoms with Gasteiger partial charge in [0.1, 0.15) is 0 Å². The summed E-state index contributed by atoms with van der Waals surface area (Å²) in [5, 5.41) is 9.50. The lowest BCUT2D eigenvalue weighted by atomic mass is 10.1. The van der Waals surface area contributed by atoms with Crippen LogP contribution in [0.3, 0.4) is 0 Å². The number of rotatable bonds is 4. The second-order valence-electron chi connectivity index (χ2n) is 4.68. The number of hydrogen-bond acceptors (Lipinski definition) is 3. The first-order chi connectivity index (χ1) is 8.24. The zero-order valence-electron chi connectivity index (χ0n) is 10.3. The van der Waals surface area contributed by atoms with Gasteiger partial charge in [-0.2, -0.15) is 0 Å². The Morgan fingerprint density at radius 3 is 3.12 bits per heavy atom. The Labute approximate surface area is 102 Å². The molecule has 2 atom stereocenters. The minimum absolute atomic E-state index is 0.0450. The maximum absolute atomic E-state index is 9.50. The average molecular weight is 236 g/mol. The third kappa shape index (κ3) is 4.11. The number of aryl methyl sites for hydroxylation is 1. The molecule has 0 radical (unpaired) electrons. The normalized spacial score (nSPS) is 24.8. The molecule has 1 aromatic rings. The first kappa shape index (κ1) is 12.6. The summed E-state index contributed by atoms with van der Waals surface area (Å²) in [5.74, 6) is 0. The monoisotopic (exact) mass is 236 g/mol. The van der Waals surface area contributed by atoms with Crippen LogP contribution in [0.1, 0.15) is 24.0 Å². The Hall–Kier alpha value is -0.900. The summed E-state index contributed by atoms with van der Waals surface area (Å²) in [6.07, 6.45) is 1.25. The highest BCUT2D eigenvalue weighted by atomic mass is 16.5. The molecule has 0 spiro atoms. The van der Waals surface area contributed by atoms with Gasteiger partial charge < -0.3 is 14.6 Å². The van der Waals surface area contributed by atoms with Crippen molar-refractivity contribution in [1.29, 1.82) is 0 Å². The molecular weight excluding hydrogens is 216 g/mol. The van der Waals surface area contributed by atoms with Crippen LogP contribution in [-0.2, 0) is 16.1 Å². The van der Waals surface area contributed by atoms with E-state index < -0.39 is 0 Å². The molecule has 17 heavy (non-hydrogen) atoms. The van der Waals surface area contributed by atoms with E-state index in [0.29, 0.717) is 26.2 Å². The number of ether oxygens (including phenoxy) is 2. The first-order valence-corrected chi connectivity index (χ1v) is 6.17. The molecule has 1 aliphatic rings. The lowest BCUT2D eigenvalue weighted by Crippen LogP contribution is -2.32. The van der Waals surface area contributed by atoms with Crippen molar-refractivity contribution in [3.05, 3.63) is 35.4 Å². The molecule has 94 valence electrons. The quantitative estimate of drug-likeness (QED) is 0.869. The topological polar surface area (TPSA) is 38.7 Å². The molecule has 1 aromatic carbocycles. The van der Waals surface area contributed by atoms with Gasteiger partial charge in [-0.3, -0.25) is 0 Å². The molecular formula is C14H20O3. The molecule has 1 fully saturated rings. The van der Waals surface area contributed by atoms with Gasteiger partial charge in [-0.1, -0.05) is 29.8 Å². The van der Waals surface area contributed by atoms with Gasteiger partial charge in [-0.25, -0.2) is 0 Å². The van der Waals surface area contributed by atoms with Crippen molar-refractivity contribution >= 4 is 0 Å². The van der Waals surface area contributed by atoms with E-state index in [-0.39, 0.29) is 12.2 Å². The van der Waals surface area contributed by atoms with E-state index in [4.69, 9.17) is 9.47 Å². The van der Waals surface area contributed by atoms with Crippen molar-refractivity contribution in [3.63, 3.8) is 0 Å². The number of benzene rings is 1. The Balaban J connectivity index is 1.72. The van der Waals surface area contributed by atoms with Crippen LogP contribution in [0.25, 0.3) is 0 Å². The van der Waals surface area contributed by atoms with Crippen LogP contribution in [0.5, 0.6) is 0 Å². The van der Waals surface area contributed by atoms with E-state index in [1.165, 1.54) is 11.1 Å². The summed E-state index contributed by atoms with van der Waals surface area (Å²) < 4.78 is 11.2. The molecule has 1 saturated heterocycles. The van der Waals surface area contributed by atoms with Crippen molar-refractivity contribution in [2.45, 2.75) is 38.6 Å². The van der Waals surface area contributed by atoms with Crippen molar-refractivity contribution in [3.8, 4) is 0 Å². The lowest BCUT2D eigenvalue weighted by Gasteiger charge is -2.26. The highest BCUT2D eigenvalue weighted by molar-refractivity contribution is 5.21. The van der Waals surface area contributed by atoms with E-state index in [1.807, 2.05) is 6.07 Å². The highest BCUT2D eigenvalue weighted by Gasteiger charge is 2.20. The third-order valence-electron chi connectivity index (χ3n) is 2.99. The smallest absolute Gasteiger partial charge is 0.0833 e. The fourth-order valence-electron chi connectivity index (χ4n) is 2.09. The summed E-state index contributed by atoms with van der Waals surface area (Å²) in [5.41, 5.74) is 2.43. The standard InChI is InChI=1S/C14H20O3/c1-11-3-2-4-12(7-11)9-16-10-14-8-13(15)5-6-17-14/h2-4,7,13-15H,5-6,8-10H2,1H3. The second-order valence-corrected chi connectivity index (χ2v) is 4.68. The minimum Gasteiger partial charge on any atom is -0.393 e. The molecule has 1 N–H and O–H groups in total. The fourth-order valence-corrected chi connectivity index (χ4v) is 2.09. The molecule has 2 rings (SSSR count). The van der Waals surface area contributed by atoms with Crippen molar-refractivity contribution in [2.75, 3.05) is 13.2 Å². The van der Waals surface area contributed by atoms with Gasteiger partial charge in [0.2, 0.25) is 0 Å². The zero-order chi connectivity index (χ0) is 12.1. The molecule has 0 bridgehead atoms. The van der Waals surface area contributed by atoms with Crippen LogP contribution < -0.4 is 0 Å². The Bertz CT molecular complexity index is 351. The largest absolute Gasteiger partial charge is 0.393 e. The predicted molar refractivity (Wildman–Crippen MR) is 65.8 cm³/mol. The van der Waals surface area contributed by atoms with E-state index in [2.05, 4.69) is 25.1 Å². The summed E-state index contributed by atoms with van der Waals surface area (Å²) in [7, 11) is 0. The van der Waals surface area contributed by atoms with Gasteiger partial charge in [-0.15, -0.1) is 0 Å². The van der Waals surface area contributed by atoms with E-state index in [0.717, 1.165) is 6.42 Å². The van der Waals surface area contributed by atoms with Crippen LogP contribution >= 0.6 is 0 Å². The van der Waals surface area contributed by atoms with Gasteiger partial charge in [0, 0.05) is 13.0 Å². The van der Waals surface area contributed by atoms with Gasteiger partial charge in [0.15, 0.2) is 0 Å². The van der Waals surface area contributed by atoms with Gasteiger partial charge in [0.05, 0.1) is 25.4 Å². The van der Waals surface area contributed by atoms with Crippen molar-refractivity contribution in [2.24, 2.45) is 0 Å². The molecule has 3 nitrogen and oxygen atoms in total. The predicted octanol–water partition coefficient (Wildman–Crippen LogP) is 2.05. The van der Waals surface area contributed by atoms with E-state index >= 15 is 0 Å². The van der Waals surface area contributed by atoms with Crippen LogP contribution in [0, 0.1) is 6.92 Å². The molecule has 2 unspecified atom stereocenters. The maximum Gasteiger partial charge on any atom is 0.0833 e. The summed E-state index contributed by atoms with van der Waals surface area (Å²) in [6.45, 7) is 3.88. The van der Waals surface area contributed by atoms with Crippen molar-refractivity contribution in [1.82, 2.24) is 0 Å². The zero-order valence-corrected chi connectivity index (χ0v) is 10.3. The minimum atomic E-state index is -0.226. The van der Waals surface area contributed by atoms with Crippen LogP contribution in [-0.4, -0.2) is 30.5 Å². The van der Waals surface area contributed by atoms with Crippen LogP contribution in [0.15, 0.2) is 24.3 Å². The number of aliphatic hydroxyl groups excluding tert-OH is 1. The van der Waals surface area contributed by atoms with Crippen LogP contribution in [0.2, 0.25) is 0 Å². The second kappa shape index (κ2) is 6.15. The molecule has 0 aliphatic carbocycles. The molecule has 0 aromatic heterocycles. The summed E-state index contributed by atoms with van der Waals surface area (Å²) >= 11 is 0. The SMILES string of the molecule is Cc1cccc(COCC2CC(O)CCO2)c1. The molecule has 1 heterocycles. The Morgan fingerprint density at radius 2 is 2.35 bits per heavy atom. The molecule has 1 aliphatic heterocycles. The van der Waals surface area contributed by atoms with Gasteiger partial charge in [0.25, 0.3) is 0 Å². The Kier molecular flexibility index (Phi) is 4.54. The molecule has 3 heteroatoms. The number of aliphatic hydroxyl groups is 1. The molecule has 0 amide bonds. The summed E-state index contributed by atoms with van der Waals surface area (Å²) in [4.78, 5) is 0. The maximum atomic E-state index is 9.50. The first-order valence-electron chi connectivity index (χ1n) is 6.17. The van der Waals surface area contributed by atoms with Crippen LogP contribution in [0.4, 0.5) is 0 Å². The number of hydrogen-bond donors (Lipinski definition) is 1. The molecule has 0 saturated carbocycles. The fraction of sp³-hybridized carbons (Fsp3) is 0.571. The Morgan fingerprint density at radius 1 is 1.47 bits per heavy atom. The van der Waals surface area contributed by atoms with E-state index in [9.17, 15) is 5.11 Å².